The maximum atomic E-state index is 13.6. The highest BCUT2D eigenvalue weighted by Gasteiger charge is 2.18. The second-order valence-electron chi connectivity index (χ2n) is 5.46. The number of hydrogen-bond donors (Lipinski definition) is 2. The Balaban J connectivity index is 1.67. The predicted molar refractivity (Wildman–Crippen MR) is 83.8 cm³/mol. The molecule has 2 heterocycles. The molecule has 25 heavy (non-hydrogen) atoms. The van der Waals surface area contributed by atoms with Crippen LogP contribution in [0, 0.1) is 17.5 Å². The molecule has 0 spiro atoms. The molecule has 0 aliphatic carbocycles. The number of nitrogens with zero attached hydrogens (tertiary/aromatic N) is 2. The van der Waals surface area contributed by atoms with Crippen molar-refractivity contribution in [2.45, 2.75) is 18.9 Å². The summed E-state index contributed by atoms with van der Waals surface area (Å²) in [5.74, 6) is -5.02. The predicted octanol–water partition coefficient (Wildman–Crippen LogP) is 2.74. The van der Waals surface area contributed by atoms with Crippen LogP contribution in [0.1, 0.15) is 23.3 Å². The van der Waals surface area contributed by atoms with Crippen LogP contribution < -0.4 is 10.6 Å². The molecule has 1 fully saturated rings. The number of carbonyl (C=O) groups excluding carboxylic acids is 1. The molecule has 9 heteroatoms. The molecular formula is C16H15F3N4O2. The van der Waals surface area contributed by atoms with Crippen LogP contribution in [0.25, 0.3) is 0 Å². The molecule has 132 valence electrons. The molecule has 2 aromatic rings. The number of aromatic nitrogens is 2. The van der Waals surface area contributed by atoms with Crippen molar-refractivity contribution in [1.29, 1.82) is 0 Å². The van der Waals surface area contributed by atoms with Crippen LogP contribution in [0.15, 0.2) is 24.4 Å². The Labute approximate surface area is 141 Å². The van der Waals surface area contributed by atoms with Crippen molar-refractivity contribution in [2.24, 2.45) is 0 Å². The SMILES string of the molecule is O=C(Nc1ccc(F)c(F)c1F)c1ccnc(NCC2CCCO2)n1. The van der Waals surface area contributed by atoms with E-state index >= 15 is 0 Å². The summed E-state index contributed by atoms with van der Waals surface area (Å²) >= 11 is 0. The van der Waals surface area contributed by atoms with Crippen molar-refractivity contribution in [3.8, 4) is 0 Å². The zero-order valence-electron chi connectivity index (χ0n) is 13.1. The summed E-state index contributed by atoms with van der Waals surface area (Å²) < 4.78 is 45.2. The zero-order chi connectivity index (χ0) is 17.8. The lowest BCUT2D eigenvalue weighted by atomic mass is 10.2. The van der Waals surface area contributed by atoms with Gasteiger partial charge in [0.05, 0.1) is 11.8 Å². The minimum atomic E-state index is -1.65. The van der Waals surface area contributed by atoms with Gasteiger partial charge in [-0.3, -0.25) is 4.79 Å². The number of halogens is 3. The van der Waals surface area contributed by atoms with Gasteiger partial charge >= 0.3 is 0 Å². The molecule has 2 N–H and O–H groups in total. The minimum absolute atomic E-state index is 0.0472. The lowest BCUT2D eigenvalue weighted by molar-refractivity contribution is 0.102. The van der Waals surface area contributed by atoms with Gasteiger partial charge in [-0.1, -0.05) is 0 Å². The molecule has 1 unspecified atom stereocenters. The summed E-state index contributed by atoms with van der Waals surface area (Å²) in [7, 11) is 0. The minimum Gasteiger partial charge on any atom is -0.376 e. The molecule has 1 amide bonds. The van der Waals surface area contributed by atoms with Gasteiger partial charge in [0.25, 0.3) is 5.91 Å². The van der Waals surface area contributed by atoms with Gasteiger partial charge < -0.3 is 15.4 Å². The lowest BCUT2D eigenvalue weighted by Gasteiger charge is -2.11. The standard InChI is InChI=1S/C16H15F3N4O2/c17-10-3-4-11(14(19)13(10)18)22-15(24)12-5-6-20-16(23-12)21-8-9-2-1-7-25-9/h3-6,9H,1-2,7-8H2,(H,22,24)(H,20,21,23). The van der Waals surface area contributed by atoms with Crippen LogP contribution in [-0.4, -0.2) is 35.1 Å². The van der Waals surface area contributed by atoms with Crippen molar-refractivity contribution < 1.29 is 22.7 Å². The Kier molecular flexibility index (Phi) is 5.13. The molecule has 3 rings (SSSR count). The number of amides is 1. The first kappa shape index (κ1) is 17.2. The molecule has 0 bridgehead atoms. The second-order valence-corrected chi connectivity index (χ2v) is 5.46. The Morgan fingerprint density at radius 3 is 2.84 bits per heavy atom. The number of hydrogen-bond acceptors (Lipinski definition) is 5. The maximum Gasteiger partial charge on any atom is 0.274 e. The van der Waals surface area contributed by atoms with Crippen molar-refractivity contribution in [3.63, 3.8) is 0 Å². The van der Waals surface area contributed by atoms with E-state index in [9.17, 15) is 18.0 Å². The third-order valence-electron chi connectivity index (χ3n) is 3.68. The highest BCUT2D eigenvalue weighted by Crippen LogP contribution is 2.20. The van der Waals surface area contributed by atoms with Crippen LogP contribution in [-0.2, 0) is 4.74 Å². The Morgan fingerprint density at radius 2 is 2.08 bits per heavy atom. The summed E-state index contributed by atoms with van der Waals surface area (Å²) in [6.45, 7) is 1.22. The van der Waals surface area contributed by atoms with Gasteiger partial charge in [0, 0.05) is 19.3 Å². The van der Waals surface area contributed by atoms with Gasteiger partial charge in [-0.2, -0.15) is 0 Å². The smallest absolute Gasteiger partial charge is 0.274 e. The van der Waals surface area contributed by atoms with Crippen molar-refractivity contribution in [2.75, 3.05) is 23.8 Å². The highest BCUT2D eigenvalue weighted by atomic mass is 19.2. The molecule has 0 saturated carbocycles. The summed E-state index contributed by atoms with van der Waals surface area (Å²) in [6.07, 6.45) is 3.36. The van der Waals surface area contributed by atoms with Crippen LogP contribution in [0.2, 0.25) is 0 Å². The van der Waals surface area contributed by atoms with E-state index in [-0.39, 0.29) is 17.7 Å². The average Bonchev–Trinajstić information content (AvgIpc) is 3.14. The summed E-state index contributed by atoms with van der Waals surface area (Å²) in [5.41, 5.74) is -0.523. The topological polar surface area (TPSA) is 76.1 Å². The van der Waals surface area contributed by atoms with E-state index in [1.54, 1.807) is 0 Å². The van der Waals surface area contributed by atoms with E-state index in [0.717, 1.165) is 31.6 Å². The molecule has 1 aromatic heterocycles. The van der Waals surface area contributed by atoms with Gasteiger partial charge in [0.15, 0.2) is 17.5 Å². The zero-order valence-corrected chi connectivity index (χ0v) is 13.1. The molecule has 1 aliphatic heterocycles. The van der Waals surface area contributed by atoms with Crippen molar-refractivity contribution in [1.82, 2.24) is 9.97 Å². The quantitative estimate of drug-likeness (QED) is 0.810. The van der Waals surface area contributed by atoms with Crippen LogP contribution >= 0.6 is 0 Å². The van der Waals surface area contributed by atoms with Gasteiger partial charge in [-0.25, -0.2) is 23.1 Å². The van der Waals surface area contributed by atoms with E-state index in [4.69, 9.17) is 4.74 Å². The monoisotopic (exact) mass is 352 g/mol. The highest BCUT2D eigenvalue weighted by molar-refractivity contribution is 6.03. The number of nitrogens with one attached hydrogen (secondary N) is 2. The van der Waals surface area contributed by atoms with Gasteiger partial charge in [-0.15, -0.1) is 0 Å². The molecule has 0 radical (unpaired) electrons. The van der Waals surface area contributed by atoms with Crippen LogP contribution in [0.5, 0.6) is 0 Å². The fraction of sp³-hybridized carbons (Fsp3) is 0.312. The molecule has 1 aliphatic rings. The summed E-state index contributed by atoms with van der Waals surface area (Å²) in [4.78, 5) is 20.1. The first-order valence-electron chi connectivity index (χ1n) is 7.68. The number of anilines is 2. The Hall–Kier alpha value is -2.68. The first-order valence-corrected chi connectivity index (χ1v) is 7.68. The van der Waals surface area contributed by atoms with E-state index < -0.39 is 29.0 Å². The molecule has 1 saturated heterocycles. The van der Waals surface area contributed by atoms with Crippen LogP contribution in [0.4, 0.5) is 24.8 Å². The van der Waals surface area contributed by atoms with E-state index in [1.807, 2.05) is 0 Å². The Morgan fingerprint density at radius 1 is 1.24 bits per heavy atom. The maximum absolute atomic E-state index is 13.6. The molecule has 1 aromatic carbocycles. The average molecular weight is 352 g/mol. The third-order valence-corrected chi connectivity index (χ3v) is 3.68. The van der Waals surface area contributed by atoms with E-state index in [1.165, 1.54) is 12.3 Å². The number of benzene rings is 1. The summed E-state index contributed by atoms with van der Waals surface area (Å²) in [5, 5.41) is 5.12. The largest absolute Gasteiger partial charge is 0.376 e. The van der Waals surface area contributed by atoms with Gasteiger partial charge in [0.1, 0.15) is 5.69 Å². The van der Waals surface area contributed by atoms with Crippen LogP contribution in [0.3, 0.4) is 0 Å². The molecule has 1 atom stereocenters. The number of ether oxygens (including phenoxy) is 1. The van der Waals surface area contributed by atoms with E-state index in [0.29, 0.717) is 6.54 Å². The van der Waals surface area contributed by atoms with Crippen molar-refractivity contribution in [3.05, 3.63) is 47.5 Å². The van der Waals surface area contributed by atoms with Gasteiger partial charge in [-0.05, 0) is 31.0 Å². The normalized spacial score (nSPS) is 16.7. The molecular weight excluding hydrogens is 337 g/mol. The lowest BCUT2D eigenvalue weighted by Crippen LogP contribution is -2.21. The first-order chi connectivity index (χ1) is 12.0. The fourth-order valence-corrected chi connectivity index (χ4v) is 2.39. The number of carbonyl (C=O) groups is 1. The number of rotatable bonds is 5. The van der Waals surface area contributed by atoms with Crippen molar-refractivity contribution >= 4 is 17.5 Å². The van der Waals surface area contributed by atoms with Gasteiger partial charge in [0.2, 0.25) is 5.95 Å². The Bertz CT molecular complexity index is 782. The summed E-state index contributed by atoms with van der Waals surface area (Å²) in [6, 6.07) is 2.98. The fourth-order valence-electron chi connectivity index (χ4n) is 2.39. The molecule has 6 nitrogen and oxygen atoms in total. The second kappa shape index (κ2) is 7.47. The third kappa shape index (κ3) is 4.05. The van der Waals surface area contributed by atoms with E-state index in [2.05, 4.69) is 20.6 Å².